The van der Waals surface area contributed by atoms with Gasteiger partial charge in [-0.2, -0.15) is 10.2 Å². The highest BCUT2D eigenvalue weighted by Crippen LogP contribution is 2.36. The number of hydrogen-bond donors (Lipinski definition) is 1. The summed E-state index contributed by atoms with van der Waals surface area (Å²) in [5.41, 5.74) is 9.70. The third-order valence-corrected chi connectivity index (χ3v) is 6.39. The number of nitrogens with zero attached hydrogens (tertiary/aromatic N) is 5. The molecule has 0 radical (unpaired) electrons. The Bertz CT molecular complexity index is 1240. The second-order valence-electron chi connectivity index (χ2n) is 9.62. The molecule has 0 bridgehead atoms. The molecule has 2 aromatic carbocycles. The zero-order valence-corrected chi connectivity index (χ0v) is 19.4. The number of piperidine rings is 1. The van der Waals surface area contributed by atoms with Crippen molar-refractivity contribution in [2.24, 2.45) is 0 Å². The fourth-order valence-electron chi connectivity index (χ4n) is 4.54. The van der Waals surface area contributed by atoms with E-state index in [4.69, 9.17) is 15.6 Å². The van der Waals surface area contributed by atoms with Crippen LogP contribution in [0.25, 0.3) is 22.3 Å². The van der Waals surface area contributed by atoms with Gasteiger partial charge >= 0.3 is 0 Å². The number of nitrogen functional groups attached to an aromatic ring is 1. The number of para-hydroxylation sites is 1. The summed E-state index contributed by atoms with van der Waals surface area (Å²) in [6.07, 6.45) is 3.65. The Hall–Kier alpha value is -3.45. The van der Waals surface area contributed by atoms with Gasteiger partial charge < -0.3 is 10.5 Å². The highest BCUT2D eigenvalue weighted by molar-refractivity contribution is 5.99. The molecule has 0 aliphatic carbocycles. The molecule has 33 heavy (non-hydrogen) atoms. The lowest BCUT2D eigenvalue weighted by Gasteiger charge is -2.40. The summed E-state index contributed by atoms with van der Waals surface area (Å²) in [5.74, 6) is 1.58. The Balaban J connectivity index is 1.46. The first-order valence-corrected chi connectivity index (χ1v) is 11.5. The van der Waals surface area contributed by atoms with Crippen LogP contribution in [0.1, 0.15) is 39.7 Å². The molecule has 0 saturated carbocycles. The second-order valence-corrected chi connectivity index (χ2v) is 9.62. The van der Waals surface area contributed by atoms with Crippen molar-refractivity contribution in [1.82, 2.24) is 24.9 Å². The summed E-state index contributed by atoms with van der Waals surface area (Å²) < 4.78 is 7.99. The molecule has 0 amide bonds. The summed E-state index contributed by atoms with van der Waals surface area (Å²) in [4.78, 5) is 2.53. The van der Waals surface area contributed by atoms with Crippen LogP contribution in [-0.2, 0) is 0 Å². The number of likely N-dealkylation sites (tertiary alicyclic amines) is 1. The molecule has 4 aromatic rings. The predicted molar refractivity (Wildman–Crippen MR) is 131 cm³/mol. The minimum atomic E-state index is 0.177. The Morgan fingerprint density at radius 2 is 1.61 bits per heavy atom. The van der Waals surface area contributed by atoms with E-state index in [1.807, 2.05) is 59.3 Å². The topological polar surface area (TPSA) is 82.1 Å². The van der Waals surface area contributed by atoms with E-state index in [1.165, 1.54) is 0 Å². The quantitative estimate of drug-likeness (QED) is 0.462. The van der Waals surface area contributed by atoms with Crippen LogP contribution in [0.15, 0.2) is 60.8 Å². The van der Waals surface area contributed by atoms with Crippen LogP contribution in [-0.4, -0.2) is 43.5 Å². The molecule has 0 atom stereocenters. The van der Waals surface area contributed by atoms with Gasteiger partial charge in [0, 0.05) is 24.2 Å². The Labute approximate surface area is 194 Å². The fourth-order valence-corrected chi connectivity index (χ4v) is 4.54. The molecular formula is C26H30N6O. The maximum Gasteiger partial charge on any atom is 0.183 e. The molecule has 1 aliphatic rings. The summed E-state index contributed by atoms with van der Waals surface area (Å²) in [7, 11) is 0. The van der Waals surface area contributed by atoms with Crippen molar-refractivity contribution in [2.75, 3.05) is 18.8 Å². The van der Waals surface area contributed by atoms with Gasteiger partial charge in [-0.05, 0) is 70.0 Å². The molecule has 1 saturated heterocycles. The highest BCUT2D eigenvalue weighted by atomic mass is 16.5. The lowest BCUT2D eigenvalue weighted by molar-refractivity contribution is 0.0879. The molecular weight excluding hydrogens is 412 g/mol. The molecule has 1 fully saturated rings. The zero-order chi connectivity index (χ0) is 23.0. The maximum atomic E-state index is 6.36. The van der Waals surface area contributed by atoms with E-state index < -0.39 is 0 Å². The number of rotatable bonds is 4. The van der Waals surface area contributed by atoms with Crippen molar-refractivity contribution >= 4 is 16.7 Å². The molecule has 7 heteroatoms. The van der Waals surface area contributed by atoms with E-state index in [-0.39, 0.29) is 11.6 Å². The van der Waals surface area contributed by atoms with Crippen LogP contribution >= 0.6 is 0 Å². The molecule has 5 rings (SSSR count). The first-order chi connectivity index (χ1) is 15.9. The summed E-state index contributed by atoms with van der Waals surface area (Å²) in [6, 6.07) is 18.0. The van der Waals surface area contributed by atoms with Gasteiger partial charge in [0.25, 0.3) is 0 Å². The first kappa shape index (κ1) is 21.4. The number of aromatic nitrogens is 4. The molecule has 2 N–H and O–H groups in total. The van der Waals surface area contributed by atoms with Gasteiger partial charge in [0.05, 0.1) is 23.3 Å². The van der Waals surface area contributed by atoms with E-state index in [9.17, 15) is 0 Å². The van der Waals surface area contributed by atoms with Gasteiger partial charge in [-0.1, -0.05) is 18.2 Å². The maximum absolute atomic E-state index is 6.36. The minimum absolute atomic E-state index is 0.177. The van der Waals surface area contributed by atoms with Crippen molar-refractivity contribution in [2.45, 2.75) is 45.2 Å². The SMILES string of the molecule is CC(C)(C)N1CCC(n2nc(-c3ccc(Oc4ccccc4)cc3)c3c(N)cnnc32)CC1. The van der Waals surface area contributed by atoms with Crippen molar-refractivity contribution in [1.29, 1.82) is 0 Å². The van der Waals surface area contributed by atoms with Gasteiger partial charge in [0.15, 0.2) is 5.65 Å². The van der Waals surface area contributed by atoms with Gasteiger partial charge in [-0.3, -0.25) is 4.90 Å². The number of ether oxygens (including phenoxy) is 1. The predicted octanol–water partition coefficient (Wildman–Crippen LogP) is 5.30. The van der Waals surface area contributed by atoms with Crippen molar-refractivity contribution in [3.8, 4) is 22.8 Å². The van der Waals surface area contributed by atoms with Gasteiger partial charge in [0.1, 0.15) is 17.2 Å². The van der Waals surface area contributed by atoms with Crippen LogP contribution in [0, 0.1) is 0 Å². The molecule has 7 nitrogen and oxygen atoms in total. The van der Waals surface area contributed by atoms with Crippen LogP contribution in [0.5, 0.6) is 11.5 Å². The number of nitrogens with two attached hydrogens (primary N) is 1. The average Bonchev–Trinajstić information content (AvgIpc) is 3.21. The minimum Gasteiger partial charge on any atom is -0.457 e. The summed E-state index contributed by atoms with van der Waals surface area (Å²) in [6.45, 7) is 8.88. The van der Waals surface area contributed by atoms with E-state index in [0.717, 1.165) is 59.7 Å². The fraction of sp³-hybridized carbons (Fsp3) is 0.346. The Morgan fingerprint density at radius 3 is 2.27 bits per heavy atom. The third kappa shape index (κ3) is 4.28. The second kappa shape index (κ2) is 8.48. The van der Waals surface area contributed by atoms with E-state index in [2.05, 4.69) is 35.9 Å². The number of benzene rings is 2. The van der Waals surface area contributed by atoms with E-state index in [1.54, 1.807) is 6.20 Å². The normalized spacial score (nSPS) is 15.7. The number of anilines is 1. The molecule has 2 aromatic heterocycles. The summed E-state index contributed by atoms with van der Waals surface area (Å²) in [5, 5.41) is 14.4. The van der Waals surface area contributed by atoms with Crippen molar-refractivity contribution in [3.05, 3.63) is 60.8 Å². The molecule has 170 valence electrons. The standard InChI is InChI=1S/C26H30N6O/c1-26(2,3)31-15-13-19(14-16-31)32-25-23(22(27)17-28-29-25)24(30-32)18-9-11-21(12-10-18)33-20-7-5-4-6-8-20/h4-12,17,19H,13-16H2,1-3H3,(H2,27,29). The largest absolute Gasteiger partial charge is 0.457 e. The highest BCUT2D eigenvalue weighted by Gasteiger charge is 2.30. The van der Waals surface area contributed by atoms with Crippen molar-refractivity contribution < 1.29 is 4.74 Å². The average molecular weight is 443 g/mol. The Morgan fingerprint density at radius 1 is 0.939 bits per heavy atom. The van der Waals surface area contributed by atoms with E-state index >= 15 is 0 Å². The lowest BCUT2D eigenvalue weighted by atomic mass is 9.98. The van der Waals surface area contributed by atoms with Gasteiger partial charge in [-0.15, -0.1) is 5.10 Å². The number of hydrogen-bond acceptors (Lipinski definition) is 6. The lowest BCUT2D eigenvalue weighted by Crippen LogP contribution is -2.46. The van der Waals surface area contributed by atoms with Crippen LogP contribution in [0.3, 0.4) is 0 Å². The summed E-state index contributed by atoms with van der Waals surface area (Å²) >= 11 is 0. The molecule has 3 heterocycles. The first-order valence-electron chi connectivity index (χ1n) is 11.5. The Kier molecular flexibility index (Phi) is 5.50. The smallest absolute Gasteiger partial charge is 0.183 e. The third-order valence-electron chi connectivity index (χ3n) is 6.39. The van der Waals surface area contributed by atoms with Crippen molar-refractivity contribution in [3.63, 3.8) is 0 Å². The van der Waals surface area contributed by atoms with E-state index in [0.29, 0.717) is 5.69 Å². The molecule has 0 spiro atoms. The van der Waals surface area contributed by atoms with Crippen LogP contribution in [0.2, 0.25) is 0 Å². The molecule has 0 unspecified atom stereocenters. The zero-order valence-electron chi connectivity index (χ0n) is 19.4. The van der Waals surface area contributed by atoms with Crippen LogP contribution < -0.4 is 10.5 Å². The number of fused-ring (bicyclic) bond motifs is 1. The van der Waals surface area contributed by atoms with Crippen LogP contribution in [0.4, 0.5) is 5.69 Å². The monoisotopic (exact) mass is 442 g/mol. The van der Waals surface area contributed by atoms with Gasteiger partial charge in [0.2, 0.25) is 0 Å². The molecule has 1 aliphatic heterocycles. The van der Waals surface area contributed by atoms with Gasteiger partial charge in [-0.25, -0.2) is 4.68 Å².